The van der Waals surface area contributed by atoms with Gasteiger partial charge >= 0.3 is 0 Å². The second kappa shape index (κ2) is 7.91. The maximum atomic E-state index is 14.5. The Morgan fingerprint density at radius 2 is 1.59 bits per heavy atom. The quantitative estimate of drug-likeness (QED) is 0.433. The van der Waals surface area contributed by atoms with E-state index in [1.54, 1.807) is 36.4 Å². The first-order valence-electron chi connectivity index (χ1n) is 9.63. The van der Waals surface area contributed by atoms with E-state index in [1.807, 2.05) is 0 Å². The molecule has 166 valence electrons. The van der Waals surface area contributed by atoms with Crippen LogP contribution in [0.5, 0.6) is 0 Å². The minimum absolute atomic E-state index is 0.202. The summed E-state index contributed by atoms with van der Waals surface area (Å²) in [6.45, 7) is 3.08. The summed E-state index contributed by atoms with van der Waals surface area (Å²) in [5, 5.41) is 14.7. The highest BCUT2D eigenvalue weighted by Gasteiger charge is 2.26. The van der Waals surface area contributed by atoms with Crippen molar-refractivity contribution in [3.05, 3.63) is 78.0 Å². The molecule has 0 atom stereocenters. The van der Waals surface area contributed by atoms with Gasteiger partial charge in [0.1, 0.15) is 11.3 Å². The van der Waals surface area contributed by atoms with E-state index in [-0.39, 0.29) is 16.3 Å². The molecule has 0 saturated carbocycles. The standard InChI is InChI=1S/C23H20F2N2O3S2/c1-23(2,28)21-13-18(27(26-21)22-16(24)8-5-9-17(22)25)20-11-10-19(31-20)14-6-4-7-15(12-14)32(3,29)30/h4-13,28H,1-3H3. The summed E-state index contributed by atoms with van der Waals surface area (Å²) in [5.74, 6) is -1.57. The van der Waals surface area contributed by atoms with Crippen LogP contribution in [0.1, 0.15) is 19.5 Å². The average molecular weight is 475 g/mol. The zero-order valence-electron chi connectivity index (χ0n) is 17.5. The first-order valence-corrected chi connectivity index (χ1v) is 12.3. The second-order valence-corrected chi connectivity index (χ2v) is 11.0. The number of hydrogen-bond acceptors (Lipinski definition) is 5. The van der Waals surface area contributed by atoms with Crippen LogP contribution in [0.15, 0.2) is 65.6 Å². The van der Waals surface area contributed by atoms with Crippen LogP contribution in [0, 0.1) is 11.6 Å². The number of rotatable bonds is 5. The third-order valence-corrected chi connectivity index (χ3v) is 7.16. The zero-order valence-corrected chi connectivity index (χ0v) is 19.1. The lowest BCUT2D eigenvalue weighted by Crippen LogP contribution is -2.17. The van der Waals surface area contributed by atoms with Crippen molar-refractivity contribution in [3.63, 3.8) is 0 Å². The Labute approximate surface area is 188 Å². The van der Waals surface area contributed by atoms with Crippen LogP contribution < -0.4 is 0 Å². The third-order valence-electron chi connectivity index (χ3n) is 4.89. The Kier molecular flexibility index (Phi) is 5.52. The number of benzene rings is 2. The molecule has 1 N–H and O–H groups in total. The molecule has 0 spiro atoms. The largest absolute Gasteiger partial charge is 0.384 e. The van der Waals surface area contributed by atoms with Gasteiger partial charge in [0.15, 0.2) is 21.5 Å². The molecule has 0 unspecified atom stereocenters. The van der Waals surface area contributed by atoms with Crippen LogP contribution in [-0.2, 0) is 15.4 Å². The molecule has 4 aromatic rings. The van der Waals surface area contributed by atoms with E-state index in [0.717, 1.165) is 27.9 Å². The number of para-hydroxylation sites is 1. The number of sulfone groups is 1. The summed E-state index contributed by atoms with van der Waals surface area (Å²) in [5.41, 5.74) is -0.307. The Morgan fingerprint density at radius 1 is 0.969 bits per heavy atom. The van der Waals surface area contributed by atoms with E-state index >= 15 is 0 Å². The summed E-state index contributed by atoms with van der Waals surface area (Å²) in [4.78, 5) is 1.63. The van der Waals surface area contributed by atoms with Crippen molar-refractivity contribution in [1.29, 1.82) is 0 Å². The maximum Gasteiger partial charge on any atom is 0.175 e. The highest BCUT2D eigenvalue weighted by molar-refractivity contribution is 7.90. The molecular formula is C23H20F2N2O3S2. The fourth-order valence-electron chi connectivity index (χ4n) is 3.23. The van der Waals surface area contributed by atoms with Crippen molar-refractivity contribution < 1.29 is 22.3 Å². The molecule has 2 aromatic heterocycles. The van der Waals surface area contributed by atoms with E-state index in [2.05, 4.69) is 5.10 Å². The van der Waals surface area contributed by atoms with Crippen LogP contribution in [0.25, 0.3) is 26.7 Å². The number of aliphatic hydroxyl groups is 1. The van der Waals surface area contributed by atoms with Gasteiger partial charge in [-0.1, -0.05) is 18.2 Å². The Balaban J connectivity index is 1.87. The molecule has 0 bridgehead atoms. The molecule has 0 saturated heterocycles. The van der Waals surface area contributed by atoms with Gasteiger partial charge in [0.2, 0.25) is 0 Å². The average Bonchev–Trinajstić information content (AvgIpc) is 3.34. The highest BCUT2D eigenvalue weighted by Crippen LogP contribution is 2.38. The van der Waals surface area contributed by atoms with Gasteiger partial charge in [-0.3, -0.25) is 0 Å². The molecule has 0 amide bonds. The summed E-state index contributed by atoms with van der Waals surface area (Å²) >= 11 is 1.32. The molecule has 32 heavy (non-hydrogen) atoms. The lowest BCUT2D eigenvalue weighted by atomic mass is 10.1. The van der Waals surface area contributed by atoms with E-state index in [0.29, 0.717) is 16.1 Å². The van der Waals surface area contributed by atoms with Gasteiger partial charge in [0.25, 0.3) is 0 Å². The molecule has 2 aromatic carbocycles. The molecule has 2 heterocycles. The van der Waals surface area contributed by atoms with Crippen LogP contribution in [-0.4, -0.2) is 29.6 Å². The first kappa shape index (κ1) is 22.3. The molecule has 9 heteroatoms. The van der Waals surface area contributed by atoms with Crippen LogP contribution >= 0.6 is 11.3 Å². The second-order valence-electron chi connectivity index (χ2n) is 7.92. The first-order chi connectivity index (χ1) is 14.9. The predicted octanol–water partition coefficient (Wildman–Crippen LogP) is 5.18. The Morgan fingerprint density at radius 3 is 2.22 bits per heavy atom. The van der Waals surface area contributed by atoms with Crippen molar-refractivity contribution in [2.24, 2.45) is 0 Å². The smallest absolute Gasteiger partial charge is 0.175 e. The fourth-order valence-corrected chi connectivity index (χ4v) is 4.90. The number of nitrogens with zero attached hydrogens (tertiary/aromatic N) is 2. The van der Waals surface area contributed by atoms with Crippen molar-refractivity contribution in [1.82, 2.24) is 9.78 Å². The molecule has 0 fully saturated rings. The maximum absolute atomic E-state index is 14.5. The summed E-state index contributed by atoms with van der Waals surface area (Å²) < 4.78 is 54.1. The van der Waals surface area contributed by atoms with Crippen LogP contribution in [0.4, 0.5) is 8.78 Å². The number of aromatic nitrogens is 2. The molecule has 5 nitrogen and oxygen atoms in total. The summed E-state index contributed by atoms with van der Waals surface area (Å²) in [7, 11) is -3.36. The van der Waals surface area contributed by atoms with Gasteiger partial charge in [-0.2, -0.15) is 5.10 Å². The van der Waals surface area contributed by atoms with Gasteiger partial charge in [-0.25, -0.2) is 21.9 Å². The van der Waals surface area contributed by atoms with Gasteiger partial charge in [-0.05, 0) is 61.9 Å². The Hall–Kier alpha value is -2.88. The topological polar surface area (TPSA) is 72.2 Å². The van der Waals surface area contributed by atoms with E-state index in [1.165, 1.54) is 37.3 Å². The molecule has 0 aliphatic carbocycles. The zero-order chi connectivity index (χ0) is 23.3. The minimum atomic E-state index is -3.36. The molecule has 0 radical (unpaired) electrons. The molecule has 4 rings (SSSR count). The molecule has 0 aliphatic heterocycles. The lowest BCUT2D eigenvalue weighted by molar-refractivity contribution is 0.0734. The van der Waals surface area contributed by atoms with Crippen molar-refractivity contribution in [2.75, 3.05) is 6.26 Å². The van der Waals surface area contributed by atoms with Crippen LogP contribution in [0.3, 0.4) is 0 Å². The minimum Gasteiger partial charge on any atom is -0.384 e. The third kappa shape index (κ3) is 4.23. The predicted molar refractivity (Wildman–Crippen MR) is 121 cm³/mol. The highest BCUT2D eigenvalue weighted by atomic mass is 32.2. The SMILES string of the molecule is CC(C)(O)c1cc(-c2ccc(-c3cccc(S(C)(=O)=O)c3)s2)n(-c2c(F)cccc2F)n1. The van der Waals surface area contributed by atoms with Crippen molar-refractivity contribution in [3.8, 4) is 26.7 Å². The van der Waals surface area contributed by atoms with Crippen LogP contribution in [0.2, 0.25) is 0 Å². The normalized spacial score (nSPS) is 12.3. The van der Waals surface area contributed by atoms with E-state index in [4.69, 9.17) is 0 Å². The lowest BCUT2D eigenvalue weighted by Gasteiger charge is -2.13. The van der Waals surface area contributed by atoms with Gasteiger partial charge in [-0.15, -0.1) is 11.3 Å². The monoisotopic (exact) mass is 474 g/mol. The number of halogens is 2. The fraction of sp³-hybridized carbons (Fsp3) is 0.174. The van der Waals surface area contributed by atoms with E-state index in [9.17, 15) is 22.3 Å². The van der Waals surface area contributed by atoms with Gasteiger partial charge in [0, 0.05) is 11.1 Å². The number of thiophene rings is 1. The number of hydrogen-bond donors (Lipinski definition) is 1. The van der Waals surface area contributed by atoms with E-state index < -0.39 is 27.1 Å². The summed E-state index contributed by atoms with van der Waals surface area (Å²) in [6.07, 6.45) is 1.14. The van der Waals surface area contributed by atoms with Crippen molar-refractivity contribution in [2.45, 2.75) is 24.3 Å². The molecular weight excluding hydrogens is 454 g/mol. The van der Waals surface area contributed by atoms with Gasteiger partial charge in [0.05, 0.1) is 21.2 Å². The summed E-state index contributed by atoms with van der Waals surface area (Å²) in [6, 6.07) is 15.3. The molecule has 0 aliphatic rings. The Bertz CT molecular complexity index is 1400. The van der Waals surface area contributed by atoms with Gasteiger partial charge < -0.3 is 5.11 Å². The van der Waals surface area contributed by atoms with Crippen molar-refractivity contribution >= 4 is 21.2 Å².